The Balaban J connectivity index is 2.15. The van der Waals surface area contributed by atoms with Crippen molar-refractivity contribution in [2.45, 2.75) is 38.3 Å². The van der Waals surface area contributed by atoms with Crippen LogP contribution in [-0.2, 0) is 4.79 Å². The molecule has 0 spiro atoms. The minimum absolute atomic E-state index is 0.190. The van der Waals surface area contributed by atoms with Crippen molar-refractivity contribution in [2.75, 3.05) is 12.4 Å². The van der Waals surface area contributed by atoms with E-state index >= 15 is 0 Å². The van der Waals surface area contributed by atoms with Crippen molar-refractivity contribution in [3.8, 4) is 0 Å². The van der Waals surface area contributed by atoms with Gasteiger partial charge in [0.25, 0.3) is 5.91 Å². The van der Waals surface area contributed by atoms with Gasteiger partial charge in [0.2, 0.25) is 0 Å². The highest BCUT2D eigenvalue weighted by atomic mass is 32.2. The van der Waals surface area contributed by atoms with Gasteiger partial charge >= 0.3 is 6.09 Å². The number of amides is 2. The molecule has 0 aromatic carbocycles. The SMILES string of the molecule is CCC1(NC(=O)C2=CNCS2)CCCCN1C(=O)O. The molecule has 2 heterocycles. The van der Waals surface area contributed by atoms with Gasteiger partial charge in [0.15, 0.2) is 0 Å². The van der Waals surface area contributed by atoms with Crippen LogP contribution in [0.5, 0.6) is 0 Å². The Labute approximate surface area is 116 Å². The van der Waals surface area contributed by atoms with Crippen LogP contribution in [-0.4, -0.2) is 40.1 Å². The van der Waals surface area contributed by atoms with Gasteiger partial charge in [0, 0.05) is 12.7 Å². The zero-order chi connectivity index (χ0) is 13.9. The first-order chi connectivity index (χ1) is 9.09. The molecule has 1 saturated heterocycles. The first-order valence-corrected chi connectivity index (χ1v) is 7.47. The van der Waals surface area contributed by atoms with Crippen molar-refractivity contribution >= 4 is 23.8 Å². The smallest absolute Gasteiger partial charge is 0.409 e. The number of carbonyl (C=O) groups is 2. The molecule has 3 N–H and O–H groups in total. The van der Waals surface area contributed by atoms with Crippen molar-refractivity contribution in [3.05, 3.63) is 11.1 Å². The molecule has 1 atom stereocenters. The number of nitrogens with one attached hydrogen (secondary N) is 2. The predicted molar refractivity (Wildman–Crippen MR) is 73.4 cm³/mol. The Morgan fingerprint density at radius 1 is 1.58 bits per heavy atom. The number of likely N-dealkylation sites (tertiary alicyclic amines) is 1. The minimum Gasteiger partial charge on any atom is -0.465 e. The third-order valence-corrected chi connectivity index (χ3v) is 4.59. The monoisotopic (exact) mass is 285 g/mol. The summed E-state index contributed by atoms with van der Waals surface area (Å²) < 4.78 is 0. The van der Waals surface area contributed by atoms with Crippen LogP contribution in [0.3, 0.4) is 0 Å². The van der Waals surface area contributed by atoms with Gasteiger partial charge in [-0.25, -0.2) is 4.79 Å². The number of carbonyl (C=O) groups excluding carboxylic acids is 1. The molecule has 2 aliphatic heterocycles. The number of hydrogen-bond acceptors (Lipinski definition) is 4. The molecule has 0 aliphatic carbocycles. The first kappa shape index (κ1) is 14.0. The summed E-state index contributed by atoms with van der Waals surface area (Å²) in [5.41, 5.74) is -0.759. The van der Waals surface area contributed by atoms with E-state index in [2.05, 4.69) is 10.6 Å². The van der Waals surface area contributed by atoms with E-state index in [1.54, 1.807) is 6.20 Å². The summed E-state index contributed by atoms with van der Waals surface area (Å²) in [5, 5.41) is 15.2. The summed E-state index contributed by atoms with van der Waals surface area (Å²) in [6.45, 7) is 2.39. The van der Waals surface area contributed by atoms with Crippen LogP contribution >= 0.6 is 11.8 Å². The molecule has 1 fully saturated rings. The molecule has 1 unspecified atom stereocenters. The van der Waals surface area contributed by atoms with Crippen molar-refractivity contribution < 1.29 is 14.7 Å². The predicted octanol–water partition coefficient (Wildman–Crippen LogP) is 1.51. The lowest BCUT2D eigenvalue weighted by atomic mass is 9.92. The molecule has 2 rings (SSSR count). The Kier molecular flexibility index (Phi) is 4.24. The maximum atomic E-state index is 12.2. The van der Waals surface area contributed by atoms with Crippen LogP contribution in [0, 0.1) is 0 Å². The van der Waals surface area contributed by atoms with Gasteiger partial charge in [-0.1, -0.05) is 18.7 Å². The van der Waals surface area contributed by atoms with Crippen molar-refractivity contribution in [1.29, 1.82) is 0 Å². The fourth-order valence-corrected chi connectivity index (χ4v) is 3.27. The van der Waals surface area contributed by atoms with E-state index in [-0.39, 0.29) is 5.91 Å². The fraction of sp³-hybridized carbons (Fsp3) is 0.667. The van der Waals surface area contributed by atoms with Crippen LogP contribution in [0.4, 0.5) is 4.79 Å². The van der Waals surface area contributed by atoms with Crippen LogP contribution in [0.1, 0.15) is 32.6 Å². The van der Waals surface area contributed by atoms with Crippen molar-refractivity contribution in [1.82, 2.24) is 15.5 Å². The van der Waals surface area contributed by atoms with Gasteiger partial charge in [-0.05, 0) is 25.7 Å². The third-order valence-electron chi connectivity index (χ3n) is 3.67. The standard InChI is InChI=1S/C12H19N3O3S/c1-2-12(5-3-4-6-15(12)11(17)18)14-10(16)9-7-13-8-19-9/h7,13H,2-6,8H2,1H3,(H,14,16)(H,17,18). The summed E-state index contributed by atoms with van der Waals surface area (Å²) in [6, 6.07) is 0. The largest absolute Gasteiger partial charge is 0.465 e. The number of thioether (sulfide) groups is 1. The van der Waals surface area contributed by atoms with Crippen molar-refractivity contribution in [2.24, 2.45) is 0 Å². The number of hydrogen-bond donors (Lipinski definition) is 3. The summed E-state index contributed by atoms with van der Waals surface area (Å²) in [4.78, 5) is 25.6. The van der Waals surface area contributed by atoms with Crippen LogP contribution < -0.4 is 10.6 Å². The Morgan fingerprint density at radius 2 is 2.37 bits per heavy atom. The molecular formula is C12H19N3O3S. The second kappa shape index (κ2) is 5.73. The van der Waals surface area contributed by atoms with E-state index in [0.29, 0.717) is 30.2 Å². The second-order valence-electron chi connectivity index (χ2n) is 4.73. The highest BCUT2D eigenvalue weighted by Gasteiger charge is 2.42. The van der Waals surface area contributed by atoms with E-state index in [1.807, 2.05) is 6.92 Å². The molecule has 2 amide bonds. The quantitative estimate of drug-likeness (QED) is 0.732. The average Bonchev–Trinajstić information content (AvgIpc) is 2.93. The molecule has 0 aromatic heterocycles. The third kappa shape index (κ3) is 2.80. The lowest BCUT2D eigenvalue weighted by Crippen LogP contribution is -2.63. The number of rotatable bonds is 3. The molecule has 106 valence electrons. The lowest BCUT2D eigenvalue weighted by molar-refractivity contribution is -0.122. The minimum atomic E-state index is -0.965. The molecule has 6 nitrogen and oxygen atoms in total. The summed E-state index contributed by atoms with van der Waals surface area (Å²) in [5.74, 6) is 0.495. The van der Waals surface area contributed by atoms with E-state index < -0.39 is 11.8 Å². The van der Waals surface area contributed by atoms with E-state index in [0.717, 1.165) is 12.8 Å². The second-order valence-corrected chi connectivity index (χ2v) is 5.75. The fourth-order valence-electron chi connectivity index (χ4n) is 2.60. The number of carboxylic acid groups (broad SMARTS) is 1. The normalized spacial score (nSPS) is 26.6. The van der Waals surface area contributed by atoms with Crippen molar-refractivity contribution in [3.63, 3.8) is 0 Å². The van der Waals surface area contributed by atoms with Gasteiger partial charge in [-0.15, -0.1) is 0 Å². The Bertz CT molecular complexity index is 413. The molecule has 0 bridgehead atoms. The van der Waals surface area contributed by atoms with Gasteiger partial charge < -0.3 is 15.7 Å². The Hall–Kier alpha value is -1.37. The first-order valence-electron chi connectivity index (χ1n) is 6.48. The average molecular weight is 285 g/mol. The van der Waals surface area contributed by atoms with Gasteiger partial charge in [-0.2, -0.15) is 0 Å². The molecule has 19 heavy (non-hydrogen) atoms. The van der Waals surface area contributed by atoms with Gasteiger partial charge in [-0.3, -0.25) is 9.69 Å². The molecule has 0 radical (unpaired) electrons. The topological polar surface area (TPSA) is 81.7 Å². The molecule has 7 heteroatoms. The summed E-state index contributed by atoms with van der Waals surface area (Å²) >= 11 is 1.43. The Morgan fingerprint density at radius 3 is 2.95 bits per heavy atom. The zero-order valence-electron chi connectivity index (χ0n) is 10.9. The maximum Gasteiger partial charge on any atom is 0.409 e. The summed E-state index contributed by atoms with van der Waals surface area (Å²) in [6.07, 6.45) is 3.75. The zero-order valence-corrected chi connectivity index (χ0v) is 11.8. The van der Waals surface area contributed by atoms with E-state index in [1.165, 1.54) is 16.7 Å². The van der Waals surface area contributed by atoms with Crippen LogP contribution in [0.2, 0.25) is 0 Å². The van der Waals surface area contributed by atoms with E-state index in [9.17, 15) is 14.7 Å². The number of nitrogens with zero attached hydrogens (tertiary/aromatic N) is 1. The molecule has 0 aromatic rings. The number of piperidine rings is 1. The molecule has 0 saturated carbocycles. The summed E-state index contributed by atoms with van der Waals surface area (Å²) in [7, 11) is 0. The molecule has 2 aliphatic rings. The lowest BCUT2D eigenvalue weighted by Gasteiger charge is -2.45. The van der Waals surface area contributed by atoms with Crippen LogP contribution in [0.15, 0.2) is 11.1 Å². The maximum absolute atomic E-state index is 12.2. The van der Waals surface area contributed by atoms with Crippen LogP contribution in [0.25, 0.3) is 0 Å². The highest BCUT2D eigenvalue weighted by Crippen LogP contribution is 2.30. The molecular weight excluding hydrogens is 266 g/mol. The van der Waals surface area contributed by atoms with Gasteiger partial charge in [0.05, 0.1) is 10.8 Å². The highest BCUT2D eigenvalue weighted by molar-refractivity contribution is 8.04. The van der Waals surface area contributed by atoms with Gasteiger partial charge in [0.1, 0.15) is 5.66 Å². The van der Waals surface area contributed by atoms with E-state index in [4.69, 9.17) is 0 Å².